The summed E-state index contributed by atoms with van der Waals surface area (Å²) >= 11 is 0. The van der Waals surface area contributed by atoms with E-state index in [-0.39, 0.29) is 17.3 Å². The summed E-state index contributed by atoms with van der Waals surface area (Å²) in [6, 6.07) is 19.2. The number of anilines is 1. The molecule has 0 atom stereocenters. The van der Waals surface area contributed by atoms with Crippen LogP contribution in [0.2, 0.25) is 0 Å². The van der Waals surface area contributed by atoms with Crippen molar-refractivity contribution in [2.75, 3.05) is 25.1 Å². The quantitative estimate of drug-likeness (QED) is 0.317. The van der Waals surface area contributed by atoms with Gasteiger partial charge in [-0.3, -0.25) is 13.9 Å². The van der Waals surface area contributed by atoms with Crippen LogP contribution < -0.4 is 25.6 Å². The van der Waals surface area contributed by atoms with Crippen molar-refractivity contribution in [3.05, 3.63) is 99.0 Å². The van der Waals surface area contributed by atoms with Crippen molar-refractivity contribution >= 4 is 27.6 Å². The van der Waals surface area contributed by atoms with Gasteiger partial charge in [-0.15, -0.1) is 0 Å². The lowest BCUT2D eigenvalue weighted by Gasteiger charge is -2.34. The molecule has 3 aromatic carbocycles. The highest BCUT2D eigenvalue weighted by Crippen LogP contribution is 2.36. The highest BCUT2D eigenvalue weighted by Gasteiger charge is 2.26. The Labute approximate surface area is 231 Å². The van der Waals surface area contributed by atoms with Crippen LogP contribution in [0.25, 0.3) is 21.8 Å². The SMILES string of the molecule is COc1cc2c(N3CCC(n4c(=O)c5cc(C)ccc5n(C)c4=O)CC3)ncnc2cc1OCc1ccccc1. The number of benzene rings is 3. The van der Waals surface area contributed by atoms with E-state index in [0.29, 0.717) is 54.9 Å². The van der Waals surface area contributed by atoms with Crippen molar-refractivity contribution in [1.82, 2.24) is 19.1 Å². The number of aromatic nitrogens is 4. The Morgan fingerprint density at radius 3 is 2.45 bits per heavy atom. The summed E-state index contributed by atoms with van der Waals surface area (Å²) in [5, 5.41) is 1.43. The zero-order chi connectivity index (χ0) is 27.8. The van der Waals surface area contributed by atoms with Gasteiger partial charge in [-0.25, -0.2) is 14.8 Å². The molecule has 0 radical (unpaired) electrons. The summed E-state index contributed by atoms with van der Waals surface area (Å²) in [4.78, 5) is 37.9. The molecule has 0 saturated carbocycles. The van der Waals surface area contributed by atoms with Crippen molar-refractivity contribution in [1.29, 1.82) is 0 Å². The number of nitrogens with zero attached hydrogens (tertiary/aromatic N) is 5. The van der Waals surface area contributed by atoms with Crippen LogP contribution in [0.5, 0.6) is 11.5 Å². The predicted molar refractivity (Wildman–Crippen MR) is 156 cm³/mol. The van der Waals surface area contributed by atoms with Crippen molar-refractivity contribution in [3.63, 3.8) is 0 Å². The van der Waals surface area contributed by atoms with Gasteiger partial charge in [-0.1, -0.05) is 42.0 Å². The average Bonchev–Trinajstić information content (AvgIpc) is 2.99. The number of rotatable bonds is 6. The molecule has 1 aliphatic rings. The summed E-state index contributed by atoms with van der Waals surface area (Å²) < 4.78 is 14.8. The molecule has 9 nitrogen and oxygen atoms in total. The van der Waals surface area contributed by atoms with Crippen LogP contribution in [0.15, 0.2) is 76.6 Å². The van der Waals surface area contributed by atoms with Gasteiger partial charge in [0, 0.05) is 37.6 Å². The standard InChI is InChI=1S/C31H31N5O4/c1-20-9-10-26-24(15-20)30(37)36(31(38)34(26)2)22-11-13-35(14-12-22)29-23-16-27(39-3)28(17-25(23)32-19-33-29)40-18-21-7-5-4-6-8-21/h4-10,15-17,19,22H,11-14,18H2,1-3H3. The van der Waals surface area contributed by atoms with E-state index in [0.717, 1.165) is 27.8 Å². The minimum atomic E-state index is -0.278. The molecule has 5 aromatic rings. The fourth-order valence-corrected chi connectivity index (χ4v) is 5.56. The average molecular weight is 538 g/mol. The van der Waals surface area contributed by atoms with E-state index in [2.05, 4.69) is 14.9 Å². The summed E-state index contributed by atoms with van der Waals surface area (Å²) in [5.74, 6) is 2.02. The fraction of sp³-hybridized carbons (Fsp3) is 0.290. The molecule has 9 heteroatoms. The van der Waals surface area contributed by atoms with Crippen molar-refractivity contribution in [2.24, 2.45) is 7.05 Å². The largest absolute Gasteiger partial charge is 0.493 e. The number of ether oxygens (including phenoxy) is 2. The van der Waals surface area contributed by atoms with E-state index in [1.165, 1.54) is 4.57 Å². The Kier molecular flexibility index (Phi) is 6.71. The number of fused-ring (bicyclic) bond motifs is 2. The molecule has 0 N–H and O–H groups in total. The molecule has 3 heterocycles. The van der Waals surface area contributed by atoms with Gasteiger partial charge < -0.3 is 14.4 Å². The van der Waals surface area contributed by atoms with Gasteiger partial charge >= 0.3 is 5.69 Å². The first-order valence-electron chi connectivity index (χ1n) is 13.4. The van der Waals surface area contributed by atoms with E-state index in [4.69, 9.17) is 9.47 Å². The topological polar surface area (TPSA) is 91.5 Å². The molecule has 1 fully saturated rings. The van der Waals surface area contributed by atoms with E-state index in [1.54, 1.807) is 25.1 Å². The Balaban J connectivity index is 1.27. The maximum absolute atomic E-state index is 13.4. The minimum absolute atomic E-state index is 0.187. The van der Waals surface area contributed by atoms with Gasteiger partial charge in [0.2, 0.25) is 0 Å². The summed E-state index contributed by atoms with van der Waals surface area (Å²) in [6.07, 6.45) is 2.85. The van der Waals surface area contributed by atoms with E-state index < -0.39 is 0 Å². The van der Waals surface area contributed by atoms with Gasteiger partial charge in [0.05, 0.1) is 23.5 Å². The molecule has 1 saturated heterocycles. The first-order chi connectivity index (χ1) is 19.4. The molecule has 2 aromatic heterocycles. The van der Waals surface area contributed by atoms with Gasteiger partial charge in [0.1, 0.15) is 18.8 Å². The zero-order valence-corrected chi connectivity index (χ0v) is 22.8. The summed E-state index contributed by atoms with van der Waals surface area (Å²) in [7, 11) is 3.35. The highest BCUT2D eigenvalue weighted by molar-refractivity contribution is 5.92. The van der Waals surface area contributed by atoms with Crippen LogP contribution in [-0.4, -0.2) is 39.3 Å². The second-order valence-corrected chi connectivity index (χ2v) is 10.2. The number of hydrogen-bond acceptors (Lipinski definition) is 7. The molecule has 6 rings (SSSR count). The highest BCUT2D eigenvalue weighted by atomic mass is 16.5. The lowest BCUT2D eigenvalue weighted by atomic mass is 10.0. The third kappa shape index (κ3) is 4.57. The molecule has 40 heavy (non-hydrogen) atoms. The first kappa shape index (κ1) is 25.6. The Morgan fingerprint density at radius 2 is 1.70 bits per heavy atom. The van der Waals surface area contributed by atoms with Crippen molar-refractivity contribution in [3.8, 4) is 11.5 Å². The lowest BCUT2D eigenvalue weighted by molar-refractivity contribution is 0.285. The van der Waals surface area contributed by atoms with E-state index in [1.807, 2.05) is 67.6 Å². The smallest absolute Gasteiger partial charge is 0.331 e. The third-order valence-electron chi connectivity index (χ3n) is 7.72. The summed E-state index contributed by atoms with van der Waals surface area (Å²) in [6.45, 7) is 3.66. The van der Waals surface area contributed by atoms with Gasteiger partial charge in [0.25, 0.3) is 5.56 Å². The second-order valence-electron chi connectivity index (χ2n) is 10.2. The van der Waals surface area contributed by atoms with Crippen LogP contribution in [0.4, 0.5) is 5.82 Å². The molecule has 0 bridgehead atoms. The summed E-state index contributed by atoms with van der Waals surface area (Å²) in [5.41, 5.74) is 2.96. The first-order valence-corrected chi connectivity index (χ1v) is 13.4. The van der Waals surface area contributed by atoms with E-state index in [9.17, 15) is 9.59 Å². The molecule has 0 aliphatic carbocycles. The lowest BCUT2D eigenvalue weighted by Crippen LogP contribution is -2.45. The monoisotopic (exact) mass is 537 g/mol. The maximum atomic E-state index is 13.4. The molecule has 1 aliphatic heterocycles. The van der Waals surface area contributed by atoms with Gasteiger partial charge in [-0.2, -0.15) is 0 Å². The fourth-order valence-electron chi connectivity index (χ4n) is 5.56. The Bertz CT molecular complexity index is 1820. The maximum Gasteiger partial charge on any atom is 0.331 e. The van der Waals surface area contributed by atoms with Crippen molar-refractivity contribution < 1.29 is 9.47 Å². The molecule has 204 valence electrons. The minimum Gasteiger partial charge on any atom is -0.493 e. The zero-order valence-electron chi connectivity index (χ0n) is 22.8. The van der Waals surface area contributed by atoms with Crippen molar-refractivity contribution in [2.45, 2.75) is 32.4 Å². The molecule has 0 unspecified atom stereocenters. The third-order valence-corrected chi connectivity index (χ3v) is 7.72. The van der Waals surface area contributed by atoms with Crippen LogP contribution in [0, 0.1) is 6.92 Å². The second kappa shape index (κ2) is 10.5. The van der Waals surface area contributed by atoms with E-state index >= 15 is 0 Å². The Hall–Kier alpha value is -4.66. The van der Waals surface area contributed by atoms with Crippen LogP contribution >= 0.6 is 0 Å². The van der Waals surface area contributed by atoms with Crippen LogP contribution in [0.3, 0.4) is 0 Å². The normalized spacial score (nSPS) is 14.1. The van der Waals surface area contributed by atoms with Crippen LogP contribution in [0.1, 0.15) is 30.0 Å². The van der Waals surface area contributed by atoms with Gasteiger partial charge in [0.15, 0.2) is 11.5 Å². The van der Waals surface area contributed by atoms with Crippen LogP contribution in [-0.2, 0) is 13.7 Å². The molecular weight excluding hydrogens is 506 g/mol. The number of methoxy groups -OCH3 is 1. The number of piperidine rings is 1. The number of aryl methyl sites for hydroxylation is 2. The molecular formula is C31H31N5O4. The number of hydrogen-bond donors (Lipinski definition) is 0. The Morgan fingerprint density at radius 1 is 0.925 bits per heavy atom. The predicted octanol–water partition coefficient (Wildman–Crippen LogP) is 4.38. The van der Waals surface area contributed by atoms with Gasteiger partial charge in [-0.05, 0) is 43.5 Å². The molecule has 0 amide bonds. The molecule has 0 spiro atoms.